The molecule has 2 aliphatic heterocycles. The number of nitrogens with zero attached hydrogens (tertiary/aromatic N) is 2. The molecule has 0 aliphatic carbocycles. The number of fused-ring (bicyclic) bond motifs is 1. The molecular weight excluding hydrogens is 372 g/mol. The van der Waals surface area contributed by atoms with Gasteiger partial charge >= 0.3 is 0 Å². The molecule has 1 saturated heterocycles. The predicted molar refractivity (Wildman–Crippen MR) is 109 cm³/mol. The highest BCUT2D eigenvalue weighted by Crippen LogP contribution is 2.40. The summed E-state index contributed by atoms with van der Waals surface area (Å²) in [6.07, 6.45) is 0. The number of hydrogen-bond donors (Lipinski definition) is 0. The molecule has 2 aromatic rings. The molecule has 7 heteroatoms. The van der Waals surface area contributed by atoms with E-state index in [9.17, 15) is 9.59 Å². The van der Waals surface area contributed by atoms with Crippen LogP contribution in [0, 0.1) is 0 Å². The Morgan fingerprint density at radius 2 is 1.62 bits per heavy atom. The number of Topliss-reactive ketones (excluding diaryl/α,β-unsaturated/α-hetero) is 1. The van der Waals surface area contributed by atoms with Crippen molar-refractivity contribution in [1.82, 2.24) is 4.90 Å². The van der Waals surface area contributed by atoms with E-state index >= 15 is 0 Å². The Hall–Kier alpha value is -3.22. The van der Waals surface area contributed by atoms with Crippen molar-refractivity contribution in [2.45, 2.75) is 6.92 Å². The third kappa shape index (κ3) is 3.85. The number of methoxy groups -OCH3 is 1. The number of carbonyl (C=O) groups excluding carboxylic acids is 2. The largest absolute Gasteiger partial charge is 0.493 e. The van der Waals surface area contributed by atoms with Gasteiger partial charge in [0.15, 0.2) is 17.3 Å². The molecule has 7 nitrogen and oxygen atoms in total. The number of rotatable bonds is 4. The molecule has 0 aromatic heterocycles. The molecule has 0 bridgehead atoms. The highest BCUT2D eigenvalue weighted by Gasteiger charge is 2.26. The van der Waals surface area contributed by atoms with Gasteiger partial charge in [0.05, 0.1) is 7.11 Å². The van der Waals surface area contributed by atoms with Gasteiger partial charge in [-0.1, -0.05) is 0 Å². The fourth-order valence-corrected chi connectivity index (χ4v) is 3.65. The SMILES string of the molecule is COc1cc(C(=O)N2CCN(c3ccc(C(C)=O)cc3)CC2)cc2c1OCCO2. The highest BCUT2D eigenvalue weighted by molar-refractivity contribution is 5.96. The van der Waals surface area contributed by atoms with Crippen LogP contribution in [0.3, 0.4) is 0 Å². The molecule has 2 aliphatic rings. The Bertz CT molecular complexity index is 900. The molecule has 2 heterocycles. The van der Waals surface area contributed by atoms with Gasteiger partial charge in [0.1, 0.15) is 13.2 Å². The minimum absolute atomic E-state index is 0.0492. The standard InChI is InChI=1S/C22H24N2O5/c1-15(25)16-3-5-18(6-4-16)23-7-9-24(10-8-23)22(26)17-13-19(27-2)21-20(14-17)28-11-12-29-21/h3-6,13-14H,7-12H2,1-2H3. The Kier molecular flexibility index (Phi) is 5.29. The van der Waals surface area contributed by atoms with Crippen molar-refractivity contribution in [3.05, 3.63) is 47.5 Å². The minimum Gasteiger partial charge on any atom is -0.493 e. The van der Waals surface area contributed by atoms with Crippen LogP contribution in [0.15, 0.2) is 36.4 Å². The topological polar surface area (TPSA) is 68.3 Å². The van der Waals surface area contributed by atoms with Gasteiger partial charge in [-0.05, 0) is 43.3 Å². The van der Waals surface area contributed by atoms with Gasteiger partial charge in [-0.2, -0.15) is 0 Å². The first-order chi connectivity index (χ1) is 14.1. The van der Waals surface area contributed by atoms with Crippen LogP contribution in [-0.4, -0.2) is 63.1 Å². The zero-order valence-corrected chi connectivity index (χ0v) is 16.6. The van der Waals surface area contributed by atoms with E-state index in [1.165, 1.54) is 0 Å². The van der Waals surface area contributed by atoms with E-state index in [1.54, 1.807) is 26.2 Å². The monoisotopic (exact) mass is 396 g/mol. The summed E-state index contributed by atoms with van der Waals surface area (Å²) in [6, 6.07) is 11.0. The summed E-state index contributed by atoms with van der Waals surface area (Å²) in [5.74, 6) is 1.61. The quantitative estimate of drug-likeness (QED) is 0.740. The number of carbonyl (C=O) groups is 2. The number of ether oxygens (including phenoxy) is 3. The second-order valence-electron chi connectivity index (χ2n) is 7.08. The first-order valence-corrected chi connectivity index (χ1v) is 9.69. The zero-order chi connectivity index (χ0) is 20.4. The Balaban J connectivity index is 1.44. The van der Waals surface area contributed by atoms with Gasteiger partial charge in [-0.3, -0.25) is 9.59 Å². The van der Waals surface area contributed by atoms with E-state index in [0.29, 0.717) is 54.7 Å². The normalized spacial score (nSPS) is 15.8. The second kappa shape index (κ2) is 8.03. The molecule has 0 radical (unpaired) electrons. The van der Waals surface area contributed by atoms with Crippen molar-refractivity contribution in [2.24, 2.45) is 0 Å². The van der Waals surface area contributed by atoms with Crippen molar-refractivity contribution in [3.8, 4) is 17.2 Å². The lowest BCUT2D eigenvalue weighted by atomic mass is 10.1. The maximum absolute atomic E-state index is 13.0. The summed E-state index contributed by atoms with van der Waals surface area (Å²) in [5, 5.41) is 0. The molecule has 0 spiro atoms. The average Bonchev–Trinajstić information content (AvgIpc) is 2.78. The van der Waals surface area contributed by atoms with Gasteiger partial charge in [-0.25, -0.2) is 0 Å². The fourth-order valence-electron chi connectivity index (χ4n) is 3.65. The van der Waals surface area contributed by atoms with E-state index in [1.807, 2.05) is 29.2 Å². The van der Waals surface area contributed by atoms with Crippen LogP contribution < -0.4 is 19.1 Å². The smallest absolute Gasteiger partial charge is 0.254 e. The number of piperazine rings is 1. The summed E-state index contributed by atoms with van der Waals surface area (Å²) in [4.78, 5) is 28.5. The molecule has 4 rings (SSSR count). The molecule has 0 atom stereocenters. The van der Waals surface area contributed by atoms with Crippen LogP contribution in [-0.2, 0) is 0 Å². The third-order valence-corrected chi connectivity index (χ3v) is 5.28. The average molecular weight is 396 g/mol. The molecule has 1 fully saturated rings. The number of amides is 1. The number of benzene rings is 2. The van der Waals surface area contributed by atoms with Gasteiger partial charge < -0.3 is 24.0 Å². The van der Waals surface area contributed by atoms with Crippen LogP contribution in [0.2, 0.25) is 0 Å². The first-order valence-electron chi connectivity index (χ1n) is 9.69. The van der Waals surface area contributed by atoms with Crippen molar-refractivity contribution in [2.75, 3.05) is 51.4 Å². The van der Waals surface area contributed by atoms with E-state index in [2.05, 4.69) is 4.90 Å². The Morgan fingerprint density at radius 3 is 2.28 bits per heavy atom. The van der Waals surface area contributed by atoms with E-state index in [-0.39, 0.29) is 11.7 Å². The second-order valence-corrected chi connectivity index (χ2v) is 7.08. The first kappa shape index (κ1) is 19.1. The number of anilines is 1. The Morgan fingerprint density at radius 1 is 0.931 bits per heavy atom. The summed E-state index contributed by atoms with van der Waals surface area (Å²) in [7, 11) is 1.55. The zero-order valence-electron chi connectivity index (χ0n) is 16.6. The third-order valence-electron chi connectivity index (χ3n) is 5.28. The van der Waals surface area contributed by atoms with Crippen molar-refractivity contribution in [1.29, 1.82) is 0 Å². The predicted octanol–water partition coefficient (Wildman–Crippen LogP) is 2.63. The summed E-state index contributed by atoms with van der Waals surface area (Å²) in [6.45, 7) is 5.17. The van der Waals surface area contributed by atoms with Crippen molar-refractivity contribution < 1.29 is 23.8 Å². The van der Waals surface area contributed by atoms with Crippen LogP contribution in [0.25, 0.3) is 0 Å². The summed E-state index contributed by atoms with van der Waals surface area (Å²) >= 11 is 0. The molecule has 2 aromatic carbocycles. The molecular formula is C22H24N2O5. The van der Waals surface area contributed by atoms with Crippen LogP contribution in [0.1, 0.15) is 27.6 Å². The van der Waals surface area contributed by atoms with Gasteiger partial charge in [0.2, 0.25) is 5.75 Å². The van der Waals surface area contributed by atoms with Gasteiger partial charge in [0.25, 0.3) is 5.91 Å². The lowest BCUT2D eigenvalue weighted by molar-refractivity contribution is 0.0744. The highest BCUT2D eigenvalue weighted by atomic mass is 16.6. The molecule has 1 amide bonds. The van der Waals surface area contributed by atoms with Crippen LogP contribution >= 0.6 is 0 Å². The van der Waals surface area contributed by atoms with E-state index in [4.69, 9.17) is 14.2 Å². The summed E-state index contributed by atoms with van der Waals surface area (Å²) in [5.41, 5.74) is 2.29. The summed E-state index contributed by atoms with van der Waals surface area (Å²) < 4.78 is 16.6. The van der Waals surface area contributed by atoms with Crippen LogP contribution in [0.4, 0.5) is 5.69 Å². The molecule has 0 N–H and O–H groups in total. The number of hydrogen-bond acceptors (Lipinski definition) is 6. The van der Waals surface area contributed by atoms with Crippen molar-refractivity contribution >= 4 is 17.4 Å². The molecule has 152 valence electrons. The van der Waals surface area contributed by atoms with E-state index in [0.717, 1.165) is 18.8 Å². The lowest BCUT2D eigenvalue weighted by Crippen LogP contribution is -2.48. The number of ketones is 1. The van der Waals surface area contributed by atoms with Gasteiger partial charge in [-0.15, -0.1) is 0 Å². The molecule has 0 unspecified atom stereocenters. The Labute approximate surface area is 169 Å². The maximum Gasteiger partial charge on any atom is 0.254 e. The fraction of sp³-hybridized carbons (Fsp3) is 0.364. The maximum atomic E-state index is 13.0. The minimum atomic E-state index is -0.0492. The molecule has 29 heavy (non-hydrogen) atoms. The van der Waals surface area contributed by atoms with E-state index < -0.39 is 0 Å². The lowest BCUT2D eigenvalue weighted by Gasteiger charge is -2.36. The van der Waals surface area contributed by atoms with Gasteiger partial charge in [0, 0.05) is 43.0 Å². The molecule has 0 saturated carbocycles. The van der Waals surface area contributed by atoms with Crippen LogP contribution in [0.5, 0.6) is 17.2 Å². The van der Waals surface area contributed by atoms with Crippen molar-refractivity contribution in [3.63, 3.8) is 0 Å².